The van der Waals surface area contributed by atoms with Crippen molar-refractivity contribution in [2.24, 2.45) is 0 Å². The second-order valence-electron chi connectivity index (χ2n) is 7.12. The smallest absolute Gasteiger partial charge is 0.270 e. The van der Waals surface area contributed by atoms with E-state index in [0.717, 1.165) is 37.0 Å². The number of hydrogen-bond acceptors (Lipinski definition) is 8. The van der Waals surface area contributed by atoms with Gasteiger partial charge < -0.3 is 15.7 Å². The van der Waals surface area contributed by atoms with Crippen LogP contribution in [0.25, 0.3) is 10.8 Å². The van der Waals surface area contributed by atoms with E-state index in [9.17, 15) is 4.79 Å². The molecule has 1 aliphatic rings. The lowest BCUT2D eigenvalue weighted by molar-refractivity contribution is 0.0964. The van der Waals surface area contributed by atoms with Crippen LogP contribution >= 0.6 is 0 Å². The van der Waals surface area contributed by atoms with Crippen LogP contribution in [0.1, 0.15) is 10.4 Å². The third-order valence-electron chi connectivity index (χ3n) is 5.28. The number of anilines is 3. The molecule has 0 aliphatic carbocycles. The summed E-state index contributed by atoms with van der Waals surface area (Å²) in [6.07, 6.45) is 1.43. The highest BCUT2D eigenvalue weighted by molar-refractivity contribution is 6.07. The van der Waals surface area contributed by atoms with Crippen molar-refractivity contribution in [2.45, 2.75) is 0 Å². The first kappa shape index (κ1) is 19.9. The zero-order valence-corrected chi connectivity index (χ0v) is 16.6. The van der Waals surface area contributed by atoms with Gasteiger partial charge in [-0.2, -0.15) is 0 Å². The number of fused-ring (bicyclic) bond motifs is 1. The number of nitrogens with zero attached hydrogens (tertiary/aromatic N) is 4. The number of amides is 1. The van der Waals surface area contributed by atoms with Crippen LogP contribution in [-0.4, -0.2) is 65.2 Å². The number of β-amino-alcohol motifs (C(OH)–C–C–N with tert-alkyl or cyclic N) is 1. The van der Waals surface area contributed by atoms with Gasteiger partial charge in [0.1, 0.15) is 12.0 Å². The van der Waals surface area contributed by atoms with Crippen molar-refractivity contribution < 1.29 is 9.90 Å². The number of hydrazine groups is 1. The van der Waals surface area contributed by atoms with E-state index >= 15 is 0 Å². The average Bonchev–Trinajstić information content (AvgIpc) is 2.79. The highest BCUT2D eigenvalue weighted by atomic mass is 16.3. The fourth-order valence-corrected chi connectivity index (χ4v) is 3.67. The molecule has 3 aromatic rings. The van der Waals surface area contributed by atoms with Gasteiger partial charge in [0.15, 0.2) is 11.6 Å². The molecule has 9 heteroatoms. The Labute approximate surface area is 174 Å². The molecule has 0 unspecified atom stereocenters. The normalized spacial score (nSPS) is 14.6. The fraction of sp³-hybridized carbons (Fsp3) is 0.286. The van der Waals surface area contributed by atoms with Gasteiger partial charge in [-0.3, -0.25) is 20.5 Å². The summed E-state index contributed by atoms with van der Waals surface area (Å²) in [7, 11) is 0. The van der Waals surface area contributed by atoms with Crippen LogP contribution in [0.2, 0.25) is 0 Å². The summed E-state index contributed by atoms with van der Waals surface area (Å²) in [5.41, 5.74) is 12.8. The van der Waals surface area contributed by atoms with Gasteiger partial charge in [0.05, 0.1) is 6.61 Å². The molecule has 156 valence electrons. The number of nitrogens with two attached hydrogens (primary N) is 1. The summed E-state index contributed by atoms with van der Waals surface area (Å²) < 4.78 is 0. The predicted octanol–water partition coefficient (Wildman–Crippen LogP) is 1.08. The van der Waals surface area contributed by atoms with Gasteiger partial charge in [0.25, 0.3) is 5.91 Å². The first-order valence-electron chi connectivity index (χ1n) is 9.90. The second kappa shape index (κ2) is 8.93. The molecule has 30 heavy (non-hydrogen) atoms. The minimum atomic E-state index is -0.274. The van der Waals surface area contributed by atoms with E-state index < -0.39 is 0 Å². The Morgan fingerprint density at radius 2 is 1.83 bits per heavy atom. The van der Waals surface area contributed by atoms with Crippen molar-refractivity contribution in [1.82, 2.24) is 20.3 Å². The number of carbonyl (C=O) groups is 1. The van der Waals surface area contributed by atoms with E-state index in [2.05, 4.69) is 30.6 Å². The standard InChI is InChI=1S/C21H25N7O2/c22-18-19(23-14-24-20(18)28-10-8-27(9-11-28)12-13-29)25-26-21(30)17-7-3-5-15-4-1-2-6-16(15)17/h1-7,14,29H,8-13,22H2,(H,26,30)(H,23,24,25). The molecule has 2 aromatic carbocycles. The summed E-state index contributed by atoms with van der Waals surface area (Å²) in [6.45, 7) is 3.97. The van der Waals surface area contributed by atoms with Crippen LogP contribution in [0.4, 0.5) is 17.3 Å². The molecule has 1 amide bonds. The zero-order chi connectivity index (χ0) is 20.9. The number of hydrogen-bond donors (Lipinski definition) is 4. The van der Waals surface area contributed by atoms with Gasteiger partial charge in [-0.15, -0.1) is 0 Å². The predicted molar refractivity (Wildman–Crippen MR) is 117 cm³/mol. The highest BCUT2D eigenvalue weighted by Gasteiger charge is 2.21. The SMILES string of the molecule is Nc1c(NNC(=O)c2cccc3ccccc23)ncnc1N1CCN(CCO)CC1. The Kier molecular flexibility index (Phi) is 5.92. The van der Waals surface area contributed by atoms with E-state index in [1.807, 2.05) is 36.4 Å². The first-order chi connectivity index (χ1) is 14.7. The molecule has 2 heterocycles. The Morgan fingerprint density at radius 1 is 1.07 bits per heavy atom. The maximum Gasteiger partial charge on any atom is 0.270 e. The summed E-state index contributed by atoms with van der Waals surface area (Å²) >= 11 is 0. The largest absolute Gasteiger partial charge is 0.395 e. The molecule has 1 aromatic heterocycles. The third kappa shape index (κ3) is 4.12. The summed E-state index contributed by atoms with van der Waals surface area (Å²) in [6, 6.07) is 13.3. The lowest BCUT2D eigenvalue weighted by Crippen LogP contribution is -2.47. The topological polar surface area (TPSA) is 120 Å². The molecule has 9 nitrogen and oxygen atoms in total. The third-order valence-corrected chi connectivity index (χ3v) is 5.28. The molecular weight excluding hydrogens is 382 g/mol. The quantitative estimate of drug-likeness (QED) is 0.448. The van der Waals surface area contributed by atoms with E-state index in [4.69, 9.17) is 10.8 Å². The molecule has 1 aliphatic heterocycles. The fourth-order valence-electron chi connectivity index (χ4n) is 3.67. The number of aromatic nitrogens is 2. The monoisotopic (exact) mass is 407 g/mol. The van der Waals surface area contributed by atoms with Crippen molar-refractivity contribution >= 4 is 34.0 Å². The number of nitrogen functional groups attached to an aromatic ring is 1. The van der Waals surface area contributed by atoms with Crippen LogP contribution in [0, 0.1) is 0 Å². The van der Waals surface area contributed by atoms with Gasteiger partial charge in [-0.05, 0) is 16.8 Å². The molecule has 0 radical (unpaired) electrons. The van der Waals surface area contributed by atoms with Crippen LogP contribution < -0.4 is 21.5 Å². The molecule has 1 saturated heterocycles. The minimum Gasteiger partial charge on any atom is -0.395 e. The number of nitrogens with one attached hydrogen (secondary N) is 2. The van der Waals surface area contributed by atoms with Crippen molar-refractivity contribution in [3.63, 3.8) is 0 Å². The van der Waals surface area contributed by atoms with Crippen molar-refractivity contribution in [1.29, 1.82) is 0 Å². The van der Waals surface area contributed by atoms with Gasteiger partial charge in [-0.1, -0.05) is 36.4 Å². The van der Waals surface area contributed by atoms with E-state index in [1.165, 1.54) is 6.33 Å². The van der Waals surface area contributed by atoms with Gasteiger partial charge in [-0.25, -0.2) is 9.97 Å². The molecular formula is C21H25N7O2. The van der Waals surface area contributed by atoms with Crippen LogP contribution in [0.5, 0.6) is 0 Å². The maximum absolute atomic E-state index is 12.7. The average molecular weight is 407 g/mol. The molecule has 0 atom stereocenters. The number of carbonyl (C=O) groups excluding carboxylic acids is 1. The summed E-state index contributed by atoms with van der Waals surface area (Å²) in [4.78, 5) is 25.5. The Morgan fingerprint density at radius 3 is 2.63 bits per heavy atom. The van der Waals surface area contributed by atoms with Crippen LogP contribution in [0.3, 0.4) is 0 Å². The molecule has 0 spiro atoms. The van der Waals surface area contributed by atoms with E-state index in [-0.39, 0.29) is 12.5 Å². The van der Waals surface area contributed by atoms with E-state index in [0.29, 0.717) is 29.4 Å². The highest BCUT2D eigenvalue weighted by Crippen LogP contribution is 2.26. The number of aliphatic hydroxyl groups is 1. The van der Waals surface area contributed by atoms with Crippen LogP contribution in [0.15, 0.2) is 48.8 Å². The zero-order valence-electron chi connectivity index (χ0n) is 16.6. The van der Waals surface area contributed by atoms with Gasteiger partial charge >= 0.3 is 0 Å². The number of benzene rings is 2. The first-order valence-corrected chi connectivity index (χ1v) is 9.90. The molecule has 4 rings (SSSR count). The Balaban J connectivity index is 1.45. The number of rotatable bonds is 6. The van der Waals surface area contributed by atoms with Gasteiger partial charge in [0.2, 0.25) is 0 Å². The second-order valence-corrected chi connectivity index (χ2v) is 7.12. The Bertz CT molecular complexity index is 1030. The Hall–Kier alpha value is -3.43. The lowest BCUT2D eigenvalue weighted by atomic mass is 10.0. The lowest BCUT2D eigenvalue weighted by Gasteiger charge is -2.35. The minimum absolute atomic E-state index is 0.153. The van der Waals surface area contributed by atoms with Crippen molar-refractivity contribution in [3.05, 3.63) is 54.4 Å². The van der Waals surface area contributed by atoms with E-state index in [1.54, 1.807) is 6.07 Å². The number of piperazine rings is 1. The van der Waals surface area contributed by atoms with Crippen molar-refractivity contribution in [2.75, 3.05) is 55.4 Å². The number of aliphatic hydroxyl groups excluding tert-OH is 1. The summed E-state index contributed by atoms with van der Waals surface area (Å²) in [5.74, 6) is 0.714. The van der Waals surface area contributed by atoms with Gasteiger partial charge in [0, 0.05) is 38.3 Å². The summed E-state index contributed by atoms with van der Waals surface area (Å²) in [5, 5.41) is 11.0. The molecule has 5 N–H and O–H groups in total. The molecule has 0 saturated carbocycles. The molecule has 1 fully saturated rings. The van der Waals surface area contributed by atoms with Crippen molar-refractivity contribution in [3.8, 4) is 0 Å². The van der Waals surface area contributed by atoms with Crippen LogP contribution in [-0.2, 0) is 0 Å². The molecule has 0 bridgehead atoms. The maximum atomic E-state index is 12.7.